The lowest BCUT2D eigenvalue weighted by atomic mass is 10.1. The summed E-state index contributed by atoms with van der Waals surface area (Å²) in [7, 11) is -5.00. The highest BCUT2D eigenvalue weighted by Crippen LogP contribution is 2.16. The molecule has 150 valence electrons. The quantitative estimate of drug-likeness (QED) is 0.260. The third-order valence-electron chi connectivity index (χ3n) is 3.94. The SMILES string of the molecule is CCCC[N+](CCCC)(CCCC)CCCC.CO.F[B-](F)(F)F. The van der Waals surface area contributed by atoms with Crippen molar-refractivity contribution in [3.63, 3.8) is 0 Å². The van der Waals surface area contributed by atoms with E-state index in [2.05, 4.69) is 27.7 Å². The second kappa shape index (κ2) is 19.0. The third-order valence-corrected chi connectivity index (χ3v) is 3.94. The number of hydrogen-bond acceptors (Lipinski definition) is 1. The molecule has 0 atom stereocenters. The Morgan fingerprint density at radius 3 is 0.875 bits per heavy atom. The minimum atomic E-state index is -6.00. The van der Waals surface area contributed by atoms with Crippen LogP contribution in [-0.2, 0) is 0 Å². The van der Waals surface area contributed by atoms with Crippen molar-refractivity contribution in [3.8, 4) is 0 Å². The molecule has 0 spiro atoms. The number of quaternary nitrogens is 1. The number of hydrogen-bond donors (Lipinski definition) is 1. The van der Waals surface area contributed by atoms with Crippen LogP contribution in [-0.4, -0.2) is 50.1 Å². The maximum absolute atomic E-state index is 9.75. The van der Waals surface area contributed by atoms with E-state index in [1.807, 2.05) is 0 Å². The van der Waals surface area contributed by atoms with Gasteiger partial charge in [0.15, 0.2) is 0 Å². The van der Waals surface area contributed by atoms with Crippen LogP contribution in [0.5, 0.6) is 0 Å². The second-order valence-corrected chi connectivity index (χ2v) is 6.15. The molecule has 0 saturated heterocycles. The van der Waals surface area contributed by atoms with Gasteiger partial charge >= 0.3 is 7.25 Å². The molecule has 0 amide bonds. The molecule has 2 nitrogen and oxygen atoms in total. The molecule has 0 bridgehead atoms. The predicted molar refractivity (Wildman–Crippen MR) is 97.7 cm³/mol. The zero-order chi connectivity index (χ0) is 19.5. The van der Waals surface area contributed by atoms with Crippen molar-refractivity contribution in [2.45, 2.75) is 79.1 Å². The van der Waals surface area contributed by atoms with E-state index in [0.29, 0.717) is 0 Å². The summed E-state index contributed by atoms with van der Waals surface area (Å²) in [5, 5.41) is 7.00. The van der Waals surface area contributed by atoms with E-state index in [-0.39, 0.29) is 0 Å². The highest BCUT2D eigenvalue weighted by Gasteiger charge is 2.24. The summed E-state index contributed by atoms with van der Waals surface area (Å²) in [5.41, 5.74) is 0. The van der Waals surface area contributed by atoms with Crippen molar-refractivity contribution >= 4 is 7.25 Å². The predicted octanol–water partition coefficient (Wildman–Crippen LogP) is 5.91. The minimum absolute atomic E-state index is 1.00. The van der Waals surface area contributed by atoms with Crippen molar-refractivity contribution in [2.24, 2.45) is 0 Å². The lowest BCUT2D eigenvalue weighted by Crippen LogP contribution is -2.50. The largest absolute Gasteiger partial charge is 0.673 e. The normalized spacial score (nSPS) is 11.2. The van der Waals surface area contributed by atoms with Crippen molar-refractivity contribution in [2.75, 3.05) is 33.3 Å². The molecule has 0 fully saturated rings. The van der Waals surface area contributed by atoms with Gasteiger partial charge in [0.05, 0.1) is 26.2 Å². The van der Waals surface area contributed by atoms with Gasteiger partial charge in [0.25, 0.3) is 0 Å². The molecule has 0 radical (unpaired) electrons. The second-order valence-electron chi connectivity index (χ2n) is 6.15. The van der Waals surface area contributed by atoms with E-state index in [4.69, 9.17) is 5.11 Å². The highest BCUT2D eigenvalue weighted by atomic mass is 19.5. The summed E-state index contributed by atoms with van der Waals surface area (Å²) in [5.74, 6) is 0. The maximum atomic E-state index is 9.75. The molecule has 24 heavy (non-hydrogen) atoms. The molecule has 0 aromatic rings. The Kier molecular flexibility index (Phi) is 22.6. The Labute approximate surface area is 147 Å². The summed E-state index contributed by atoms with van der Waals surface area (Å²) in [6.07, 6.45) is 11.1. The summed E-state index contributed by atoms with van der Waals surface area (Å²) >= 11 is 0. The van der Waals surface area contributed by atoms with Gasteiger partial charge in [-0.05, 0) is 25.7 Å². The first-order chi connectivity index (χ1) is 11.2. The molecule has 0 aromatic carbocycles. The Hall–Kier alpha value is -0.295. The number of nitrogens with zero attached hydrogens (tertiary/aromatic N) is 1. The standard InChI is InChI=1S/C16H36N.CH4O.BF4/c1-5-9-13-17(14-10-6-2,15-11-7-3)16-12-8-4;1-2;2-1(3,4)5/h5-16H2,1-4H3;2H,1H3;/q+1;;-1. The fraction of sp³-hybridized carbons (Fsp3) is 1.00. The van der Waals surface area contributed by atoms with Gasteiger partial charge in [0.1, 0.15) is 0 Å². The lowest BCUT2D eigenvalue weighted by Gasteiger charge is -2.39. The smallest absolute Gasteiger partial charge is 0.418 e. The lowest BCUT2D eigenvalue weighted by molar-refractivity contribution is -0.929. The van der Waals surface area contributed by atoms with E-state index in [1.165, 1.54) is 82.0 Å². The van der Waals surface area contributed by atoms with Gasteiger partial charge in [-0.25, -0.2) is 0 Å². The topological polar surface area (TPSA) is 20.2 Å². The monoisotopic (exact) mass is 361 g/mol. The molecule has 0 saturated carbocycles. The molecule has 0 aliphatic rings. The molecule has 0 aromatic heterocycles. The molecule has 1 N–H and O–H groups in total. The Balaban J connectivity index is -0.000000534. The minimum Gasteiger partial charge on any atom is -0.418 e. The van der Waals surface area contributed by atoms with Gasteiger partial charge in [-0.15, -0.1) is 0 Å². The van der Waals surface area contributed by atoms with Gasteiger partial charge in [-0.2, -0.15) is 0 Å². The summed E-state index contributed by atoms with van der Waals surface area (Å²) in [4.78, 5) is 0. The van der Waals surface area contributed by atoms with Crippen LogP contribution in [0.2, 0.25) is 0 Å². The summed E-state index contributed by atoms with van der Waals surface area (Å²) in [6.45, 7) is 15.0. The Morgan fingerprint density at radius 1 is 0.583 bits per heavy atom. The zero-order valence-electron chi connectivity index (χ0n) is 16.5. The number of aliphatic hydroxyl groups excluding tert-OH is 1. The third kappa shape index (κ3) is 24.0. The maximum Gasteiger partial charge on any atom is 0.673 e. The Morgan fingerprint density at radius 2 is 0.750 bits per heavy atom. The molecule has 0 aliphatic carbocycles. The zero-order valence-corrected chi connectivity index (χ0v) is 16.5. The Bertz CT molecular complexity index is 198. The molecule has 7 heteroatoms. The fourth-order valence-electron chi connectivity index (χ4n) is 2.64. The first-order valence-corrected chi connectivity index (χ1v) is 9.41. The number of aliphatic hydroxyl groups is 1. The van der Waals surface area contributed by atoms with Crippen LogP contribution in [0.1, 0.15) is 79.1 Å². The number of rotatable bonds is 12. The van der Waals surface area contributed by atoms with Crippen molar-refractivity contribution in [1.82, 2.24) is 0 Å². The van der Waals surface area contributed by atoms with Crippen LogP contribution in [0.3, 0.4) is 0 Å². The van der Waals surface area contributed by atoms with Crippen LogP contribution in [0.4, 0.5) is 17.3 Å². The number of unbranched alkanes of at least 4 members (excludes halogenated alkanes) is 4. The van der Waals surface area contributed by atoms with E-state index >= 15 is 0 Å². The van der Waals surface area contributed by atoms with E-state index in [9.17, 15) is 17.3 Å². The number of halogens is 4. The van der Waals surface area contributed by atoms with E-state index in [0.717, 1.165) is 7.11 Å². The molecule has 0 aliphatic heterocycles. The molecule has 0 heterocycles. The average Bonchev–Trinajstić information content (AvgIpc) is 2.54. The van der Waals surface area contributed by atoms with E-state index in [1.54, 1.807) is 0 Å². The average molecular weight is 361 g/mol. The summed E-state index contributed by atoms with van der Waals surface area (Å²) in [6, 6.07) is 0. The molecular weight excluding hydrogens is 321 g/mol. The molecule has 0 rings (SSSR count). The van der Waals surface area contributed by atoms with Gasteiger partial charge < -0.3 is 26.9 Å². The van der Waals surface area contributed by atoms with Gasteiger partial charge in [-0.1, -0.05) is 53.4 Å². The van der Waals surface area contributed by atoms with Crippen molar-refractivity contribution in [3.05, 3.63) is 0 Å². The first-order valence-electron chi connectivity index (χ1n) is 9.41. The van der Waals surface area contributed by atoms with Crippen LogP contribution in [0.15, 0.2) is 0 Å². The van der Waals surface area contributed by atoms with Crippen LogP contribution in [0.25, 0.3) is 0 Å². The fourth-order valence-corrected chi connectivity index (χ4v) is 2.64. The van der Waals surface area contributed by atoms with Gasteiger partial charge in [-0.3, -0.25) is 0 Å². The van der Waals surface area contributed by atoms with E-state index < -0.39 is 7.25 Å². The van der Waals surface area contributed by atoms with Crippen molar-refractivity contribution < 1.29 is 26.9 Å². The molecule has 0 unspecified atom stereocenters. The van der Waals surface area contributed by atoms with Crippen LogP contribution < -0.4 is 0 Å². The first kappa shape index (κ1) is 28.5. The van der Waals surface area contributed by atoms with Crippen molar-refractivity contribution in [1.29, 1.82) is 0 Å². The highest BCUT2D eigenvalue weighted by molar-refractivity contribution is 6.50. The van der Waals surface area contributed by atoms with Crippen LogP contribution in [0, 0.1) is 0 Å². The molecular formula is C17H40BF4NO. The van der Waals surface area contributed by atoms with Gasteiger partial charge in [0, 0.05) is 7.11 Å². The van der Waals surface area contributed by atoms with Gasteiger partial charge in [0.2, 0.25) is 0 Å². The van der Waals surface area contributed by atoms with Crippen LogP contribution >= 0.6 is 0 Å². The summed E-state index contributed by atoms with van der Waals surface area (Å²) < 4.78 is 40.4.